The standard InChI is InChI=1S/C16H20N4O2S/c1-9-18-15(20-6-7-22-8-11(20)14(17)21)13-10-4-2-3-5-12(10)23-16(13)19-9/h11H,2-8H2,1H3,(H2,17,21)/t11-/m1/s1. The molecule has 7 heteroatoms. The molecule has 1 amide bonds. The molecule has 1 aliphatic heterocycles. The van der Waals surface area contributed by atoms with E-state index in [0.717, 1.165) is 34.7 Å². The summed E-state index contributed by atoms with van der Waals surface area (Å²) in [5.74, 6) is 1.23. The number of carbonyl (C=O) groups excluding carboxylic acids is 1. The van der Waals surface area contributed by atoms with Crippen LogP contribution in [0.5, 0.6) is 0 Å². The maximum atomic E-state index is 11.8. The van der Waals surface area contributed by atoms with E-state index in [-0.39, 0.29) is 5.91 Å². The summed E-state index contributed by atoms with van der Waals surface area (Å²) in [6.45, 7) is 3.44. The predicted octanol–water partition coefficient (Wildman–Crippen LogP) is 1.57. The fraction of sp³-hybridized carbons (Fsp3) is 0.562. The van der Waals surface area contributed by atoms with Gasteiger partial charge in [-0.3, -0.25) is 4.79 Å². The lowest BCUT2D eigenvalue weighted by molar-refractivity contribution is -0.121. The minimum atomic E-state index is -0.458. The number of nitrogens with zero attached hydrogens (tertiary/aromatic N) is 3. The van der Waals surface area contributed by atoms with Gasteiger partial charge in [0.25, 0.3) is 0 Å². The van der Waals surface area contributed by atoms with Crippen molar-refractivity contribution < 1.29 is 9.53 Å². The van der Waals surface area contributed by atoms with E-state index in [4.69, 9.17) is 15.5 Å². The number of hydrogen-bond acceptors (Lipinski definition) is 6. The zero-order valence-corrected chi connectivity index (χ0v) is 14.0. The molecular formula is C16H20N4O2S. The Bertz CT molecular complexity index is 773. The minimum Gasteiger partial charge on any atom is -0.377 e. The number of anilines is 1. The molecule has 122 valence electrons. The summed E-state index contributed by atoms with van der Waals surface area (Å²) in [5, 5.41) is 1.13. The SMILES string of the molecule is Cc1nc(N2CCOC[C@@H]2C(N)=O)c2c3c(sc2n1)CCCC3. The lowest BCUT2D eigenvalue weighted by Crippen LogP contribution is -2.53. The number of aryl methyl sites for hydroxylation is 3. The van der Waals surface area contributed by atoms with Crippen molar-refractivity contribution in [1.82, 2.24) is 9.97 Å². The fourth-order valence-electron chi connectivity index (χ4n) is 3.54. The van der Waals surface area contributed by atoms with Crippen LogP contribution in [-0.2, 0) is 22.4 Å². The van der Waals surface area contributed by atoms with E-state index in [1.54, 1.807) is 11.3 Å². The molecule has 2 aromatic heterocycles. The Hall–Kier alpha value is -1.73. The summed E-state index contributed by atoms with van der Waals surface area (Å²) in [7, 11) is 0. The lowest BCUT2D eigenvalue weighted by atomic mass is 9.96. The predicted molar refractivity (Wildman–Crippen MR) is 89.9 cm³/mol. The molecule has 1 atom stereocenters. The largest absolute Gasteiger partial charge is 0.377 e. The number of aromatic nitrogens is 2. The third-order valence-corrected chi connectivity index (χ3v) is 5.82. The first kappa shape index (κ1) is 14.8. The maximum Gasteiger partial charge on any atom is 0.242 e. The number of hydrogen-bond donors (Lipinski definition) is 1. The molecule has 0 radical (unpaired) electrons. The molecule has 2 aliphatic rings. The van der Waals surface area contributed by atoms with E-state index >= 15 is 0 Å². The van der Waals surface area contributed by atoms with Gasteiger partial charge in [-0.05, 0) is 38.2 Å². The quantitative estimate of drug-likeness (QED) is 0.903. The third-order valence-electron chi connectivity index (χ3n) is 4.64. The minimum absolute atomic E-state index is 0.326. The van der Waals surface area contributed by atoms with Gasteiger partial charge in [0.15, 0.2) is 0 Å². The number of nitrogens with two attached hydrogens (primary N) is 1. The molecule has 3 heterocycles. The van der Waals surface area contributed by atoms with Crippen LogP contribution in [0.25, 0.3) is 10.2 Å². The van der Waals surface area contributed by atoms with Crippen LogP contribution < -0.4 is 10.6 Å². The van der Waals surface area contributed by atoms with E-state index in [1.165, 1.54) is 23.3 Å². The second-order valence-corrected chi connectivity index (χ2v) is 7.26. The first-order valence-corrected chi connectivity index (χ1v) is 8.89. The van der Waals surface area contributed by atoms with Crippen LogP contribution in [0.1, 0.15) is 29.1 Å². The highest BCUT2D eigenvalue weighted by atomic mass is 32.1. The Morgan fingerprint density at radius 2 is 2.17 bits per heavy atom. The van der Waals surface area contributed by atoms with Gasteiger partial charge in [-0.15, -0.1) is 11.3 Å². The van der Waals surface area contributed by atoms with Crippen molar-refractivity contribution in [2.24, 2.45) is 5.73 Å². The van der Waals surface area contributed by atoms with Crippen molar-refractivity contribution in [3.63, 3.8) is 0 Å². The number of thiophene rings is 1. The molecule has 0 aromatic carbocycles. The number of ether oxygens (including phenoxy) is 1. The third kappa shape index (κ3) is 2.48. The average molecular weight is 332 g/mol. The van der Waals surface area contributed by atoms with Crippen molar-refractivity contribution in [3.05, 3.63) is 16.3 Å². The van der Waals surface area contributed by atoms with Crippen LogP contribution in [-0.4, -0.2) is 41.7 Å². The Balaban J connectivity index is 1.91. The van der Waals surface area contributed by atoms with Crippen LogP contribution in [0, 0.1) is 6.92 Å². The van der Waals surface area contributed by atoms with E-state index in [0.29, 0.717) is 19.8 Å². The molecule has 23 heavy (non-hydrogen) atoms. The number of rotatable bonds is 2. The van der Waals surface area contributed by atoms with E-state index < -0.39 is 6.04 Å². The van der Waals surface area contributed by atoms with Gasteiger partial charge < -0.3 is 15.4 Å². The number of carbonyl (C=O) groups is 1. The Labute approximate surface area is 138 Å². The van der Waals surface area contributed by atoms with E-state index in [2.05, 4.69) is 4.98 Å². The smallest absolute Gasteiger partial charge is 0.242 e. The number of fused-ring (bicyclic) bond motifs is 3. The summed E-state index contributed by atoms with van der Waals surface area (Å²) in [4.78, 5) is 25.7. The topological polar surface area (TPSA) is 81.3 Å². The van der Waals surface area contributed by atoms with Gasteiger partial charge in [0, 0.05) is 11.4 Å². The second kappa shape index (κ2) is 5.72. The fourth-order valence-corrected chi connectivity index (χ4v) is 4.84. The van der Waals surface area contributed by atoms with Crippen molar-refractivity contribution >= 4 is 33.3 Å². The van der Waals surface area contributed by atoms with Gasteiger partial charge in [-0.1, -0.05) is 0 Å². The highest BCUT2D eigenvalue weighted by Gasteiger charge is 2.32. The summed E-state index contributed by atoms with van der Waals surface area (Å²) in [6.07, 6.45) is 4.63. The van der Waals surface area contributed by atoms with Crippen LogP contribution in [0.3, 0.4) is 0 Å². The van der Waals surface area contributed by atoms with Gasteiger partial charge >= 0.3 is 0 Å². The normalized spacial score (nSPS) is 21.4. The molecule has 0 saturated carbocycles. The summed E-state index contributed by atoms with van der Waals surface area (Å²) in [5.41, 5.74) is 6.96. The molecule has 2 aromatic rings. The Morgan fingerprint density at radius 1 is 1.35 bits per heavy atom. The van der Waals surface area contributed by atoms with Crippen molar-refractivity contribution in [2.75, 3.05) is 24.7 Å². The number of primary amides is 1. The molecule has 1 saturated heterocycles. The van der Waals surface area contributed by atoms with Crippen LogP contribution in [0.15, 0.2) is 0 Å². The zero-order chi connectivity index (χ0) is 16.0. The van der Waals surface area contributed by atoms with Crippen molar-refractivity contribution in [2.45, 2.75) is 38.6 Å². The van der Waals surface area contributed by atoms with Gasteiger partial charge in [0.2, 0.25) is 5.91 Å². The van der Waals surface area contributed by atoms with Crippen LogP contribution in [0.2, 0.25) is 0 Å². The first-order valence-electron chi connectivity index (χ1n) is 8.07. The van der Waals surface area contributed by atoms with Gasteiger partial charge in [0.05, 0.1) is 18.6 Å². The summed E-state index contributed by atoms with van der Waals surface area (Å²) in [6, 6.07) is -0.458. The van der Waals surface area contributed by atoms with Crippen molar-refractivity contribution in [3.8, 4) is 0 Å². The van der Waals surface area contributed by atoms with Crippen molar-refractivity contribution in [1.29, 1.82) is 0 Å². The molecular weight excluding hydrogens is 312 g/mol. The van der Waals surface area contributed by atoms with Gasteiger partial charge in [-0.2, -0.15) is 0 Å². The monoisotopic (exact) mass is 332 g/mol. The molecule has 0 unspecified atom stereocenters. The van der Waals surface area contributed by atoms with Crippen LogP contribution in [0.4, 0.5) is 5.82 Å². The summed E-state index contributed by atoms with van der Waals surface area (Å²) >= 11 is 1.78. The maximum absolute atomic E-state index is 11.8. The molecule has 0 bridgehead atoms. The number of amides is 1. The Morgan fingerprint density at radius 3 is 3.00 bits per heavy atom. The molecule has 1 aliphatic carbocycles. The average Bonchev–Trinajstić information content (AvgIpc) is 2.92. The zero-order valence-electron chi connectivity index (χ0n) is 13.2. The second-order valence-electron chi connectivity index (χ2n) is 6.17. The molecule has 1 fully saturated rings. The van der Waals surface area contributed by atoms with E-state index in [1.807, 2.05) is 11.8 Å². The molecule has 4 rings (SSSR count). The number of morpholine rings is 1. The molecule has 6 nitrogen and oxygen atoms in total. The Kier molecular flexibility index (Phi) is 3.69. The van der Waals surface area contributed by atoms with E-state index in [9.17, 15) is 4.79 Å². The highest BCUT2D eigenvalue weighted by Crippen LogP contribution is 2.40. The molecule has 2 N–H and O–H groups in total. The first-order chi connectivity index (χ1) is 11.1. The molecule has 0 spiro atoms. The van der Waals surface area contributed by atoms with Crippen LogP contribution >= 0.6 is 11.3 Å². The van der Waals surface area contributed by atoms with Gasteiger partial charge in [-0.25, -0.2) is 9.97 Å². The lowest BCUT2D eigenvalue weighted by Gasteiger charge is -2.35. The highest BCUT2D eigenvalue weighted by molar-refractivity contribution is 7.19. The summed E-state index contributed by atoms with van der Waals surface area (Å²) < 4.78 is 5.45. The van der Waals surface area contributed by atoms with Gasteiger partial charge in [0.1, 0.15) is 22.5 Å².